The first-order valence-corrected chi connectivity index (χ1v) is 6.09. The first-order valence-electron chi connectivity index (χ1n) is 5.71. The lowest BCUT2D eigenvalue weighted by atomic mass is 10.1. The number of ether oxygens (including phenoxy) is 1. The van der Waals surface area contributed by atoms with Gasteiger partial charge in [0.1, 0.15) is 17.0 Å². The van der Waals surface area contributed by atoms with E-state index >= 15 is 0 Å². The van der Waals surface area contributed by atoms with E-state index in [-0.39, 0.29) is 0 Å². The van der Waals surface area contributed by atoms with E-state index in [9.17, 15) is 0 Å². The average Bonchev–Trinajstić information content (AvgIpc) is 2.48. The maximum Gasteiger partial charge on any atom is 0.161 e. The molecule has 3 aromatic rings. The van der Waals surface area contributed by atoms with Crippen molar-refractivity contribution in [2.24, 2.45) is 0 Å². The van der Waals surface area contributed by atoms with Crippen LogP contribution >= 0.6 is 11.6 Å². The summed E-state index contributed by atoms with van der Waals surface area (Å²) >= 11 is 6.03. The van der Waals surface area contributed by atoms with E-state index in [4.69, 9.17) is 16.3 Å². The van der Waals surface area contributed by atoms with Crippen LogP contribution in [0.1, 0.15) is 0 Å². The quantitative estimate of drug-likeness (QED) is 0.717. The molecule has 19 heavy (non-hydrogen) atoms. The van der Waals surface area contributed by atoms with Gasteiger partial charge in [-0.15, -0.1) is 10.2 Å². The first kappa shape index (κ1) is 11.9. The number of hydrogen-bond donors (Lipinski definition) is 0. The van der Waals surface area contributed by atoms with Crippen molar-refractivity contribution in [3.8, 4) is 17.0 Å². The van der Waals surface area contributed by atoms with Gasteiger partial charge in [-0.2, -0.15) is 0 Å². The largest absolute Gasteiger partial charge is 0.497 e. The molecule has 4 nitrogen and oxygen atoms in total. The van der Waals surface area contributed by atoms with Gasteiger partial charge in [0.05, 0.1) is 7.11 Å². The molecular formula is C14H10ClN3O. The second kappa shape index (κ2) is 4.82. The molecule has 0 aliphatic carbocycles. The van der Waals surface area contributed by atoms with Gasteiger partial charge in [-0.05, 0) is 36.4 Å². The number of nitrogens with zero attached hydrogens (tertiary/aromatic N) is 3. The summed E-state index contributed by atoms with van der Waals surface area (Å²) in [5, 5.41) is 9.28. The van der Waals surface area contributed by atoms with E-state index in [0.29, 0.717) is 10.8 Å². The second-order valence-corrected chi connectivity index (χ2v) is 4.33. The third-order valence-corrected chi connectivity index (χ3v) is 3.13. The molecule has 2 heterocycles. The third kappa shape index (κ3) is 2.11. The number of rotatable bonds is 2. The van der Waals surface area contributed by atoms with E-state index in [1.807, 2.05) is 36.4 Å². The van der Waals surface area contributed by atoms with Crippen LogP contribution in [0.15, 0.2) is 42.6 Å². The van der Waals surface area contributed by atoms with E-state index in [1.54, 1.807) is 13.3 Å². The number of aromatic nitrogens is 3. The van der Waals surface area contributed by atoms with Crippen LogP contribution in [-0.4, -0.2) is 22.3 Å². The molecule has 94 valence electrons. The van der Waals surface area contributed by atoms with Crippen LogP contribution < -0.4 is 4.74 Å². The standard InChI is InChI=1S/C14H10ClN3O/c1-19-10-6-4-9(5-7-10)12-13-11(3-2-8-16-13)14(15)18-17-12/h2-8H,1H3. The summed E-state index contributed by atoms with van der Waals surface area (Å²) in [6.07, 6.45) is 1.72. The lowest BCUT2D eigenvalue weighted by molar-refractivity contribution is 0.415. The molecular weight excluding hydrogens is 262 g/mol. The molecule has 0 radical (unpaired) electrons. The van der Waals surface area contributed by atoms with Crippen LogP contribution in [0, 0.1) is 0 Å². The fourth-order valence-electron chi connectivity index (χ4n) is 1.90. The zero-order chi connectivity index (χ0) is 13.2. The van der Waals surface area contributed by atoms with Gasteiger partial charge in [-0.3, -0.25) is 4.98 Å². The Balaban J connectivity index is 2.21. The Hall–Kier alpha value is -2.20. The molecule has 0 bridgehead atoms. The highest BCUT2D eigenvalue weighted by Crippen LogP contribution is 2.28. The maximum absolute atomic E-state index is 6.03. The number of pyridine rings is 1. The minimum atomic E-state index is 0.361. The molecule has 3 rings (SSSR count). The summed E-state index contributed by atoms with van der Waals surface area (Å²) in [7, 11) is 1.63. The SMILES string of the molecule is COc1ccc(-c2nnc(Cl)c3cccnc23)cc1. The van der Waals surface area contributed by atoms with Crippen molar-refractivity contribution in [2.45, 2.75) is 0 Å². The van der Waals surface area contributed by atoms with Gasteiger partial charge < -0.3 is 4.74 Å². The van der Waals surface area contributed by atoms with Crippen molar-refractivity contribution in [2.75, 3.05) is 7.11 Å². The van der Waals surface area contributed by atoms with E-state index in [1.165, 1.54) is 0 Å². The first-order chi connectivity index (χ1) is 9.29. The van der Waals surface area contributed by atoms with Crippen molar-refractivity contribution in [3.05, 3.63) is 47.7 Å². The van der Waals surface area contributed by atoms with Crippen molar-refractivity contribution < 1.29 is 4.74 Å². The highest BCUT2D eigenvalue weighted by atomic mass is 35.5. The molecule has 0 aliphatic heterocycles. The van der Waals surface area contributed by atoms with E-state index in [0.717, 1.165) is 22.2 Å². The molecule has 0 fully saturated rings. The lowest BCUT2D eigenvalue weighted by Gasteiger charge is -2.06. The molecule has 2 aromatic heterocycles. The maximum atomic E-state index is 6.03. The number of fused-ring (bicyclic) bond motifs is 1. The van der Waals surface area contributed by atoms with Crippen LogP contribution in [0.25, 0.3) is 22.2 Å². The summed E-state index contributed by atoms with van der Waals surface area (Å²) in [4.78, 5) is 4.34. The number of benzene rings is 1. The zero-order valence-corrected chi connectivity index (χ0v) is 10.9. The van der Waals surface area contributed by atoms with Gasteiger partial charge in [0, 0.05) is 17.1 Å². The zero-order valence-electron chi connectivity index (χ0n) is 10.2. The van der Waals surface area contributed by atoms with Gasteiger partial charge in [0.25, 0.3) is 0 Å². The normalized spacial score (nSPS) is 10.6. The Morgan fingerprint density at radius 2 is 1.84 bits per heavy atom. The van der Waals surface area contributed by atoms with Crippen molar-refractivity contribution >= 4 is 22.5 Å². The average molecular weight is 272 g/mol. The van der Waals surface area contributed by atoms with Crippen LogP contribution in [-0.2, 0) is 0 Å². The molecule has 1 aromatic carbocycles. The molecule has 0 atom stereocenters. The molecule has 0 saturated heterocycles. The molecule has 0 unspecified atom stereocenters. The predicted octanol–water partition coefficient (Wildman–Crippen LogP) is 3.35. The summed E-state index contributed by atoms with van der Waals surface area (Å²) < 4.78 is 5.14. The van der Waals surface area contributed by atoms with E-state index in [2.05, 4.69) is 15.2 Å². The summed E-state index contributed by atoms with van der Waals surface area (Å²) in [5.74, 6) is 0.794. The molecule has 0 aliphatic rings. The Morgan fingerprint density at radius 3 is 2.58 bits per heavy atom. The highest BCUT2D eigenvalue weighted by molar-refractivity contribution is 6.34. The van der Waals surface area contributed by atoms with Crippen LogP contribution in [0.5, 0.6) is 5.75 Å². The summed E-state index contributed by atoms with van der Waals surface area (Å²) in [6, 6.07) is 11.3. The van der Waals surface area contributed by atoms with Gasteiger partial charge >= 0.3 is 0 Å². The minimum absolute atomic E-state index is 0.361. The second-order valence-electron chi connectivity index (χ2n) is 3.97. The van der Waals surface area contributed by atoms with Gasteiger partial charge in [-0.25, -0.2) is 0 Å². The van der Waals surface area contributed by atoms with Gasteiger partial charge in [0.15, 0.2) is 5.15 Å². The molecule has 0 saturated carbocycles. The van der Waals surface area contributed by atoms with E-state index < -0.39 is 0 Å². The van der Waals surface area contributed by atoms with Gasteiger partial charge in [-0.1, -0.05) is 11.6 Å². The lowest BCUT2D eigenvalue weighted by Crippen LogP contribution is -1.93. The fraction of sp³-hybridized carbons (Fsp3) is 0.0714. The van der Waals surface area contributed by atoms with Crippen molar-refractivity contribution in [3.63, 3.8) is 0 Å². The van der Waals surface area contributed by atoms with Crippen molar-refractivity contribution in [1.29, 1.82) is 0 Å². The van der Waals surface area contributed by atoms with Crippen LogP contribution in [0.3, 0.4) is 0 Å². The number of halogens is 1. The summed E-state index contributed by atoms with van der Waals surface area (Å²) in [6.45, 7) is 0. The predicted molar refractivity (Wildman–Crippen MR) is 74.3 cm³/mol. The number of methoxy groups -OCH3 is 1. The Labute approximate surface area is 115 Å². The molecule has 0 N–H and O–H groups in total. The third-order valence-electron chi connectivity index (χ3n) is 2.86. The topological polar surface area (TPSA) is 47.9 Å². The van der Waals surface area contributed by atoms with Crippen LogP contribution in [0.4, 0.5) is 0 Å². The van der Waals surface area contributed by atoms with Crippen LogP contribution in [0.2, 0.25) is 5.15 Å². The summed E-state index contributed by atoms with van der Waals surface area (Å²) in [5.41, 5.74) is 2.38. The molecule has 5 heteroatoms. The van der Waals surface area contributed by atoms with Gasteiger partial charge in [0.2, 0.25) is 0 Å². The molecule has 0 spiro atoms. The fourth-order valence-corrected chi connectivity index (χ4v) is 2.09. The van der Waals surface area contributed by atoms with Crippen molar-refractivity contribution in [1.82, 2.24) is 15.2 Å². The Kier molecular flexibility index (Phi) is 3.01. The monoisotopic (exact) mass is 271 g/mol. The minimum Gasteiger partial charge on any atom is -0.497 e. The Bertz CT molecular complexity index is 728. The Morgan fingerprint density at radius 1 is 1.05 bits per heavy atom. The smallest absolute Gasteiger partial charge is 0.161 e. The molecule has 0 amide bonds. The highest BCUT2D eigenvalue weighted by Gasteiger charge is 2.10. The number of hydrogen-bond acceptors (Lipinski definition) is 4.